The molecule has 0 spiro atoms. The number of sulfonamides is 1. The van der Waals surface area contributed by atoms with E-state index in [4.69, 9.17) is 32.7 Å². The molecule has 2 fully saturated rings. The minimum absolute atomic E-state index is 0.0638. The molecule has 1 unspecified atom stereocenters. The van der Waals surface area contributed by atoms with E-state index >= 15 is 0 Å². The third-order valence-electron chi connectivity index (χ3n) is 9.21. The molecule has 16 nitrogen and oxygen atoms in total. The number of aryl methyl sites for hydroxylation is 1. The van der Waals surface area contributed by atoms with Crippen LogP contribution in [0.2, 0.25) is 0 Å². The lowest BCUT2D eigenvalue weighted by Gasteiger charge is -2.30. The van der Waals surface area contributed by atoms with Crippen molar-refractivity contribution in [1.29, 1.82) is 0 Å². The Balaban J connectivity index is 1.32. The van der Waals surface area contributed by atoms with Crippen LogP contribution in [0.15, 0.2) is 84.0 Å². The highest BCUT2D eigenvalue weighted by Gasteiger charge is 2.44. The molecular formula is C39H53N3O13PS+. The minimum Gasteiger partial charge on any atom is -0.480 e. The molecule has 5 rings (SSSR count). The van der Waals surface area contributed by atoms with Crippen LogP contribution in [0.4, 0.5) is 4.79 Å². The Bertz CT molecular complexity index is 1940. The largest absolute Gasteiger partial charge is 0.480 e. The van der Waals surface area contributed by atoms with Crippen molar-refractivity contribution in [1.82, 2.24) is 9.62 Å². The normalized spacial score (nSPS) is 20.6. The van der Waals surface area contributed by atoms with E-state index in [1.807, 2.05) is 13.8 Å². The zero-order valence-electron chi connectivity index (χ0n) is 32.8. The Morgan fingerprint density at radius 3 is 2.44 bits per heavy atom. The van der Waals surface area contributed by atoms with Crippen LogP contribution in [0.5, 0.6) is 11.5 Å². The van der Waals surface area contributed by atoms with E-state index in [0.29, 0.717) is 18.6 Å². The zero-order chi connectivity index (χ0) is 41.2. The lowest BCUT2D eigenvalue weighted by Crippen LogP contribution is -2.52. The number of rotatable bonds is 20. The van der Waals surface area contributed by atoms with Crippen molar-refractivity contribution in [3.05, 3.63) is 84.7 Å². The number of nitrogens with one attached hydrogen (secondary N) is 1. The van der Waals surface area contributed by atoms with Gasteiger partial charge in [-0.3, -0.25) is 4.52 Å². The Morgan fingerprint density at radius 2 is 1.75 bits per heavy atom. The third-order valence-corrected chi connectivity index (χ3v) is 12.6. The highest BCUT2D eigenvalue weighted by molar-refractivity contribution is 7.89. The number of benzene rings is 2. The second-order valence-electron chi connectivity index (χ2n) is 14.3. The van der Waals surface area contributed by atoms with Gasteiger partial charge in [-0.15, -0.1) is 0 Å². The number of carbonyl (C=O) groups is 2. The van der Waals surface area contributed by atoms with Crippen LogP contribution in [0.3, 0.4) is 0 Å². The number of amides is 1. The monoisotopic (exact) mass is 834 g/mol. The van der Waals surface area contributed by atoms with E-state index in [9.17, 15) is 27.7 Å². The molecule has 312 valence electrons. The molecule has 0 radical (unpaired) electrons. The molecular weight excluding hydrogens is 781 g/mol. The Hall–Kier alpha value is -4.09. The number of nitrogens with zero attached hydrogens (tertiary/aromatic N) is 2. The first-order valence-corrected chi connectivity index (χ1v) is 22.1. The number of fused-ring (bicyclic) bond motifs is 1. The van der Waals surface area contributed by atoms with Gasteiger partial charge in [0.25, 0.3) is 0 Å². The summed E-state index contributed by atoms with van der Waals surface area (Å²) in [6.07, 6.45) is -0.946. The molecule has 18 heteroatoms. The van der Waals surface area contributed by atoms with Crippen LogP contribution < -0.4 is 19.1 Å². The Morgan fingerprint density at radius 1 is 1.02 bits per heavy atom. The summed E-state index contributed by atoms with van der Waals surface area (Å²) in [5, 5.41) is 14.5. The van der Waals surface area contributed by atoms with Gasteiger partial charge in [0, 0.05) is 19.2 Å². The molecule has 2 aromatic carbocycles. The quantitative estimate of drug-likeness (QED) is 0.0938. The maximum Gasteiger partial charge on any atom is 0.417 e. The number of pyridine rings is 1. The van der Waals surface area contributed by atoms with Gasteiger partial charge >= 0.3 is 19.7 Å². The number of ether oxygens (including phenoxy) is 5. The summed E-state index contributed by atoms with van der Waals surface area (Å²) < 4.78 is 83.5. The van der Waals surface area contributed by atoms with E-state index in [1.165, 1.54) is 23.5 Å². The fourth-order valence-corrected chi connectivity index (χ4v) is 9.59. The summed E-state index contributed by atoms with van der Waals surface area (Å²) in [5.41, 5.74) is 0.643. The molecule has 2 aliphatic heterocycles. The molecule has 0 saturated carbocycles. The number of aliphatic hydroxyl groups is 1. The standard InChI is InChI=1S/C39H52N3O13PS/c1-6-49-37(44)28(4)54-56(46,55-31-11-8-7-9-12-31)26-52-30-16-14-29(15-17-30)21-34(40-39(45)53-36-25-51-38-33(36)18-20-50-38)35(43)24-42(22-27(2)3)57(47,48)32-13-10-19-41(5)23-32/h7-17,19,23,27-28,33-36,38,43H,6,18,20-22,24-26H2,1-5H3/p+1/t28-,33-,34-,35+,36-,38+,56?/m0/s1. The molecule has 0 aliphatic carbocycles. The van der Waals surface area contributed by atoms with Crippen molar-refractivity contribution in [3.8, 4) is 11.5 Å². The highest BCUT2D eigenvalue weighted by Crippen LogP contribution is 2.49. The third kappa shape index (κ3) is 12.5. The minimum atomic E-state index is -4.08. The summed E-state index contributed by atoms with van der Waals surface area (Å²) in [6, 6.07) is 17.0. The van der Waals surface area contributed by atoms with Crippen LogP contribution in [0, 0.1) is 11.8 Å². The van der Waals surface area contributed by atoms with Gasteiger partial charge in [0.05, 0.1) is 37.9 Å². The molecule has 3 aromatic rings. The molecule has 2 aliphatic rings. The Labute approximate surface area is 333 Å². The number of hydrogen-bond acceptors (Lipinski definition) is 13. The number of alkyl carbamates (subject to hydrolysis) is 1. The average Bonchev–Trinajstić information content (AvgIpc) is 3.79. The SMILES string of the molecule is CCOC(=O)[C@H](C)OP(=O)(COc1ccc(C[C@H](NC(=O)O[C@H]2CO[C@H]3OCC[C@H]32)[C@H](O)CN(CC(C)C)S(=O)(=O)c2ccc[n+](C)c2)cc1)Oc1ccccc1. The Kier molecular flexibility index (Phi) is 15.5. The number of carbonyl (C=O) groups excluding carboxylic acids is 2. The number of para-hydroxylation sites is 1. The van der Waals surface area contributed by atoms with Gasteiger partial charge in [-0.05, 0) is 68.5 Å². The first-order chi connectivity index (χ1) is 27.2. The molecule has 1 aromatic heterocycles. The maximum atomic E-state index is 13.9. The van der Waals surface area contributed by atoms with Crippen molar-refractivity contribution in [2.24, 2.45) is 18.9 Å². The topological polar surface area (TPSA) is 189 Å². The van der Waals surface area contributed by atoms with E-state index < -0.39 is 66.7 Å². The van der Waals surface area contributed by atoms with Crippen molar-refractivity contribution in [3.63, 3.8) is 0 Å². The smallest absolute Gasteiger partial charge is 0.417 e. The van der Waals surface area contributed by atoms with Crippen LogP contribution in [-0.2, 0) is 56.3 Å². The van der Waals surface area contributed by atoms with Gasteiger partial charge < -0.3 is 38.6 Å². The predicted molar refractivity (Wildman–Crippen MR) is 206 cm³/mol. The number of esters is 1. The van der Waals surface area contributed by atoms with E-state index in [2.05, 4.69) is 5.32 Å². The van der Waals surface area contributed by atoms with E-state index in [1.54, 1.807) is 85.4 Å². The van der Waals surface area contributed by atoms with Crippen molar-refractivity contribution in [2.75, 3.05) is 39.3 Å². The van der Waals surface area contributed by atoms with E-state index in [0.717, 1.165) is 0 Å². The molecule has 2 saturated heterocycles. The second-order valence-corrected chi connectivity index (χ2v) is 18.2. The average molecular weight is 835 g/mol. The number of hydrogen-bond donors (Lipinski definition) is 2. The summed E-state index contributed by atoms with van der Waals surface area (Å²) >= 11 is 0. The summed E-state index contributed by atoms with van der Waals surface area (Å²) in [6.45, 7) is 7.37. The van der Waals surface area contributed by atoms with Crippen molar-refractivity contribution >= 4 is 29.7 Å². The maximum absolute atomic E-state index is 13.9. The van der Waals surface area contributed by atoms with Crippen LogP contribution >= 0.6 is 7.60 Å². The fourth-order valence-electron chi connectivity index (χ4n) is 6.42. The van der Waals surface area contributed by atoms with Gasteiger partial charge in [0.2, 0.25) is 16.4 Å². The zero-order valence-corrected chi connectivity index (χ0v) is 34.5. The first-order valence-electron chi connectivity index (χ1n) is 18.9. The molecule has 3 heterocycles. The molecule has 1 amide bonds. The summed E-state index contributed by atoms with van der Waals surface area (Å²) in [7, 11) is -6.40. The van der Waals surface area contributed by atoms with Crippen molar-refractivity contribution < 1.29 is 65.0 Å². The summed E-state index contributed by atoms with van der Waals surface area (Å²) in [5.74, 6) is -0.365. The van der Waals surface area contributed by atoms with E-state index in [-0.39, 0.29) is 61.0 Å². The highest BCUT2D eigenvalue weighted by atomic mass is 32.2. The number of aliphatic hydroxyl groups excluding tert-OH is 1. The lowest BCUT2D eigenvalue weighted by molar-refractivity contribution is -0.673. The molecule has 7 atom stereocenters. The van der Waals surface area contributed by atoms with Gasteiger partial charge in [-0.1, -0.05) is 44.2 Å². The van der Waals surface area contributed by atoms with Crippen LogP contribution in [0.25, 0.3) is 0 Å². The van der Waals surface area contributed by atoms with Crippen molar-refractivity contribution in [2.45, 2.75) is 76.1 Å². The molecule has 0 bridgehead atoms. The fraction of sp³-hybridized carbons (Fsp3) is 0.513. The van der Waals surface area contributed by atoms with Crippen LogP contribution in [0.1, 0.15) is 39.7 Å². The first kappa shape index (κ1) is 44.0. The lowest BCUT2D eigenvalue weighted by atomic mass is 10.0. The second kappa shape index (κ2) is 20.1. The summed E-state index contributed by atoms with van der Waals surface area (Å²) in [4.78, 5) is 25.7. The van der Waals surface area contributed by atoms with Gasteiger partial charge in [-0.25, -0.2) is 27.1 Å². The van der Waals surface area contributed by atoms with Gasteiger partial charge in [0.1, 0.15) is 29.5 Å². The molecule has 2 N–H and O–H groups in total. The predicted octanol–water partition coefficient (Wildman–Crippen LogP) is 4.19. The molecule has 57 heavy (non-hydrogen) atoms. The van der Waals surface area contributed by atoms with Gasteiger partial charge in [0.15, 0.2) is 24.8 Å². The number of aromatic nitrogens is 1. The van der Waals surface area contributed by atoms with Gasteiger partial charge in [-0.2, -0.15) is 4.31 Å². The van der Waals surface area contributed by atoms with Crippen LogP contribution in [-0.4, -0.2) is 99.8 Å².